The van der Waals surface area contributed by atoms with Gasteiger partial charge in [0.05, 0.1) is 12.1 Å². The van der Waals surface area contributed by atoms with Crippen LogP contribution >= 0.6 is 0 Å². The molecule has 0 aromatic carbocycles. The van der Waals surface area contributed by atoms with E-state index in [2.05, 4.69) is 15.0 Å². The summed E-state index contributed by atoms with van der Waals surface area (Å²) in [6, 6.07) is -0.135. The van der Waals surface area contributed by atoms with Gasteiger partial charge in [-0.15, -0.1) is 0 Å². The second-order valence-corrected chi connectivity index (χ2v) is 5.93. The average molecular weight is 260 g/mol. The molecule has 0 aliphatic rings. The molecule has 0 spiro atoms. The number of rotatable bonds is 8. The van der Waals surface area contributed by atoms with Crippen molar-refractivity contribution in [2.24, 2.45) is 0 Å². The van der Waals surface area contributed by atoms with Gasteiger partial charge in [0, 0.05) is 25.0 Å². The van der Waals surface area contributed by atoms with Crippen molar-refractivity contribution in [3.8, 4) is 0 Å². The highest BCUT2D eigenvalue weighted by molar-refractivity contribution is 7.89. The highest BCUT2D eigenvalue weighted by atomic mass is 32.2. The lowest BCUT2D eigenvalue weighted by atomic mass is 10.4. The first-order valence-corrected chi connectivity index (χ1v) is 7.29. The Balaban J connectivity index is 2.36. The number of imidazole rings is 1. The molecule has 0 radical (unpaired) electrons. The summed E-state index contributed by atoms with van der Waals surface area (Å²) in [5.41, 5.74) is 0. The maximum Gasteiger partial charge on any atom is 0.211 e. The summed E-state index contributed by atoms with van der Waals surface area (Å²) < 4.78 is 27.9. The Morgan fingerprint density at radius 3 is 2.82 bits per heavy atom. The lowest BCUT2D eigenvalue weighted by Gasteiger charge is -2.14. The maximum absolute atomic E-state index is 11.7. The van der Waals surface area contributed by atoms with Crippen LogP contribution in [0.1, 0.15) is 13.3 Å². The summed E-state index contributed by atoms with van der Waals surface area (Å²) in [5, 5.41) is 2.93. The van der Waals surface area contributed by atoms with Gasteiger partial charge in [0.25, 0.3) is 0 Å². The van der Waals surface area contributed by atoms with Gasteiger partial charge in [0.15, 0.2) is 0 Å². The van der Waals surface area contributed by atoms with Crippen LogP contribution in [-0.4, -0.2) is 43.4 Å². The number of hydrogen-bond acceptors (Lipinski definition) is 4. The molecule has 2 N–H and O–H groups in total. The summed E-state index contributed by atoms with van der Waals surface area (Å²) in [6.45, 7) is 3.14. The van der Waals surface area contributed by atoms with Gasteiger partial charge in [-0.2, -0.15) is 0 Å². The monoisotopic (exact) mass is 260 g/mol. The molecule has 1 heterocycles. The van der Waals surface area contributed by atoms with Gasteiger partial charge < -0.3 is 9.88 Å². The van der Waals surface area contributed by atoms with Gasteiger partial charge in [0.1, 0.15) is 0 Å². The smallest absolute Gasteiger partial charge is 0.211 e. The minimum atomic E-state index is -3.18. The van der Waals surface area contributed by atoms with Gasteiger partial charge >= 0.3 is 0 Å². The molecule has 1 aromatic rings. The van der Waals surface area contributed by atoms with E-state index in [9.17, 15) is 8.42 Å². The zero-order valence-corrected chi connectivity index (χ0v) is 11.1. The van der Waals surface area contributed by atoms with Crippen LogP contribution in [-0.2, 0) is 16.6 Å². The molecule has 6 nitrogen and oxygen atoms in total. The molecule has 17 heavy (non-hydrogen) atoms. The van der Waals surface area contributed by atoms with Gasteiger partial charge in [-0.05, 0) is 26.9 Å². The Bertz CT molecular complexity index is 402. The summed E-state index contributed by atoms with van der Waals surface area (Å²) in [4.78, 5) is 3.91. The van der Waals surface area contributed by atoms with E-state index in [1.807, 2.05) is 24.7 Å². The highest BCUT2D eigenvalue weighted by Gasteiger charge is 2.13. The fraction of sp³-hybridized carbons (Fsp3) is 0.700. The largest absolute Gasteiger partial charge is 0.336 e. The minimum absolute atomic E-state index is 0.135. The zero-order valence-electron chi connectivity index (χ0n) is 10.3. The van der Waals surface area contributed by atoms with Crippen molar-refractivity contribution in [3.63, 3.8) is 0 Å². The third-order valence-electron chi connectivity index (χ3n) is 2.26. The van der Waals surface area contributed by atoms with Crippen LogP contribution in [0.4, 0.5) is 0 Å². The molecule has 0 amide bonds. The number of sulfonamides is 1. The quantitative estimate of drug-likeness (QED) is 0.635. The van der Waals surface area contributed by atoms with E-state index >= 15 is 0 Å². The number of aromatic nitrogens is 2. The Kier molecular flexibility index (Phi) is 5.60. The van der Waals surface area contributed by atoms with Crippen LogP contribution < -0.4 is 10.0 Å². The lowest BCUT2D eigenvalue weighted by molar-refractivity contribution is 0.519. The first-order chi connectivity index (χ1) is 8.03. The Hall–Kier alpha value is -0.920. The van der Waals surface area contributed by atoms with E-state index in [0.29, 0.717) is 19.5 Å². The average Bonchev–Trinajstić information content (AvgIpc) is 2.69. The number of hydrogen-bond donors (Lipinski definition) is 2. The van der Waals surface area contributed by atoms with Gasteiger partial charge in [0.2, 0.25) is 10.0 Å². The summed E-state index contributed by atoms with van der Waals surface area (Å²) in [6.07, 6.45) is 5.77. The summed E-state index contributed by atoms with van der Waals surface area (Å²) >= 11 is 0. The topological polar surface area (TPSA) is 76.0 Å². The van der Waals surface area contributed by atoms with Crippen LogP contribution in [0.25, 0.3) is 0 Å². The molecule has 0 saturated carbocycles. The Morgan fingerprint density at radius 2 is 2.24 bits per heavy atom. The molecule has 1 unspecified atom stereocenters. The van der Waals surface area contributed by atoms with E-state index in [1.54, 1.807) is 12.5 Å². The standard InChI is InChI=1S/C10H20N4O2S/c1-10(8-14-6-5-12-9-14)13-17(15,16)7-3-4-11-2/h5-6,9-11,13H,3-4,7-8H2,1-2H3. The first kappa shape index (κ1) is 14.1. The number of nitrogens with zero attached hydrogens (tertiary/aromatic N) is 2. The Morgan fingerprint density at radius 1 is 1.47 bits per heavy atom. The fourth-order valence-electron chi connectivity index (χ4n) is 1.55. The van der Waals surface area contributed by atoms with E-state index < -0.39 is 10.0 Å². The molecule has 0 aliphatic carbocycles. The van der Waals surface area contributed by atoms with Crippen LogP contribution in [0.2, 0.25) is 0 Å². The molecule has 7 heteroatoms. The molecule has 0 aliphatic heterocycles. The van der Waals surface area contributed by atoms with Crippen molar-refractivity contribution >= 4 is 10.0 Å². The van der Waals surface area contributed by atoms with Gasteiger partial charge in [-0.25, -0.2) is 18.1 Å². The normalized spacial score (nSPS) is 13.8. The van der Waals surface area contributed by atoms with Crippen molar-refractivity contribution in [1.82, 2.24) is 19.6 Å². The van der Waals surface area contributed by atoms with Crippen LogP contribution in [0.5, 0.6) is 0 Å². The van der Waals surface area contributed by atoms with Crippen molar-refractivity contribution in [2.75, 3.05) is 19.3 Å². The second kappa shape index (κ2) is 6.73. The molecular weight excluding hydrogens is 240 g/mol. The molecular formula is C10H20N4O2S. The number of nitrogens with one attached hydrogen (secondary N) is 2. The van der Waals surface area contributed by atoms with E-state index in [1.165, 1.54) is 0 Å². The van der Waals surface area contributed by atoms with Gasteiger partial charge in [-0.3, -0.25) is 0 Å². The summed E-state index contributed by atoms with van der Waals surface area (Å²) in [7, 11) is -1.37. The van der Waals surface area contributed by atoms with Crippen molar-refractivity contribution < 1.29 is 8.42 Å². The van der Waals surface area contributed by atoms with Crippen LogP contribution in [0.15, 0.2) is 18.7 Å². The highest BCUT2D eigenvalue weighted by Crippen LogP contribution is 1.96. The molecule has 98 valence electrons. The second-order valence-electron chi connectivity index (χ2n) is 4.05. The fourth-order valence-corrected chi connectivity index (χ4v) is 2.88. The summed E-state index contributed by atoms with van der Waals surface area (Å²) in [5.74, 6) is 0.155. The molecule has 1 aromatic heterocycles. The Labute approximate surface area is 102 Å². The van der Waals surface area contributed by atoms with Crippen LogP contribution in [0.3, 0.4) is 0 Å². The van der Waals surface area contributed by atoms with Crippen molar-refractivity contribution in [1.29, 1.82) is 0 Å². The zero-order chi connectivity index (χ0) is 12.7. The van der Waals surface area contributed by atoms with E-state index in [0.717, 1.165) is 0 Å². The van der Waals surface area contributed by atoms with Gasteiger partial charge in [-0.1, -0.05) is 0 Å². The molecule has 0 fully saturated rings. The third-order valence-corrected chi connectivity index (χ3v) is 3.85. The van der Waals surface area contributed by atoms with Crippen molar-refractivity contribution in [2.45, 2.75) is 25.9 Å². The molecule has 0 bridgehead atoms. The van der Waals surface area contributed by atoms with E-state index in [4.69, 9.17) is 0 Å². The third kappa shape index (κ3) is 5.81. The molecule has 1 rings (SSSR count). The lowest BCUT2D eigenvalue weighted by Crippen LogP contribution is -2.37. The molecule has 0 saturated heterocycles. The predicted molar refractivity (Wildman–Crippen MR) is 67.2 cm³/mol. The maximum atomic E-state index is 11.7. The first-order valence-electron chi connectivity index (χ1n) is 5.64. The van der Waals surface area contributed by atoms with Crippen LogP contribution in [0, 0.1) is 0 Å². The van der Waals surface area contributed by atoms with E-state index in [-0.39, 0.29) is 11.8 Å². The molecule has 1 atom stereocenters. The minimum Gasteiger partial charge on any atom is -0.336 e. The van der Waals surface area contributed by atoms with Crippen molar-refractivity contribution in [3.05, 3.63) is 18.7 Å². The SMILES string of the molecule is CNCCCS(=O)(=O)NC(C)Cn1ccnc1. The predicted octanol–water partition coefficient (Wildman–Crippen LogP) is -0.199.